The van der Waals surface area contributed by atoms with E-state index in [1.807, 2.05) is 0 Å². The predicted molar refractivity (Wildman–Crippen MR) is 78.5 cm³/mol. The highest BCUT2D eigenvalue weighted by molar-refractivity contribution is 5.74. The SMILES string of the molecule is NC(=O)CC1CCCN(c2ccc([N+](=O)[O-])cc2[N+](=O)[O-])C1. The smallest absolute Gasteiger partial charge is 0.299 e. The molecule has 1 aliphatic rings. The number of amides is 1. The first-order valence-corrected chi connectivity index (χ1v) is 6.84. The number of anilines is 1. The molecule has 2 rings (SSSR count). The number of nitrogens with two attached hydrogens (primary N) is 1. The summed E-state index contributed by atoms with van der Waals surface area (Å²) in [5.41, 5.74) is 4.92. The van der Waals surface area contributed by atoms with Crippen molar-refractivity contribution in [2.45, 2.75) is 19.3 Å². The molecule has 1 aliphatic heterocycles. The standard InChI is InChI=1S/C13H16N4O5/c14-13(18)6-9-2-1-5-15(8-9)11-4-3-10(16(19)20)7-12(11)17(21)22/h3-4,7,9H,1-2,5-6,8H2,(H2,14,18). The van der Waals surface area contributed by atoms with Crippen LogP contribution in [0.4, 0.5) is 17.1 Å². The second kappa shape index (κ2) is 6.37. The van der Waals surface area contributed by atoms with Gasteiger partial charge in [0.2, 0.25) is 5.91 Å². The molecule has 1 aromatic rings. The molecule has 1 unspecified atom stereocenters. The summed E-state index contributed by atoms with van der Waals surface area (Å²) in [5, 5.41) is 21.9. The Hall–Kier alpha value is -2.71. The molecule has 0 aliphatic carbocycles. The van der Waals surface area contributed by atoms with Crippen LogP contribution in [0.25, 0.3) is 0 Å². The maximum atomic E-state index is 11.2. The number of benzene rings is 1. The van der Waals surface area contributed by atoms with Crippen LogP contribution in [0.3, 0.4) is 0 Å². The van der Waals surface area contributed by atoms with Crippen molar-refractivity contribution in [3.63, 3.8) is 0 Å². The molecule has 1 heterocycles. The lowest BCUT2D eigenvalue weighted by Gasteiger charge is -2.33. The van der Waals surface area contributed by atoms with Gasteiger partial charge in [-0.1, -0.05) is 0 Å². The third-order valence-electron chi connectivity index (χ3n) is 3.72. The Balaban J connectivity index is 2.28. The zero-order valence-corrected chi connectivity index (χ0v) is 11.8. The number of nitro benzene ring substituents is 2. The summed E-state index contributed by atoms with van der Waals surface area (Å²) in [6.45, 7) is 1.08. The molecular formula is C13H16N4O5. The van der Waals surface area contributed by atoms with Crippen molar-refractivity contribution >= 4 is 23.0 Å². The normalized spacial score (nSPS) is 18.0. The van der Waals surface area contributed by atoms with E-state index in [2.05, 4.69) is 0 Å². The fourth-order valence-electron chi connectivity index (χ4n) is 2.77. The number of hydrogen-bond acceptors (Lipinski definition) is 6. The number of nitrogens with zero attached hydrogens (tertiary/aromatic N) is 3. The van der Waals surface area contributed by atoms with Gasteiger partial charge in [-0.2, -0.15) is 0 Å². The van der Waals surface area contributed by atoms with Crippen molar-refractivity contribution in [2.24, 2.45) is 11.7 Å². The molecule has 1 aromatic carbocycles. The van der Waals surface area contributed by atoms with Gasteiger partial charge >= 0.3 is 0 Å². The van der Waals surface area contributed by atoms with Gasteiger partial charge in [0, 0.05) is 25.6 Å². The first kappa shape index (κ1) is 15.7. The fraction of sp³-hybridized carbons (Fsp3) is 0.462. The summed E-state index contributed by atoms with van der Waals surface area (Å²) >= 11 is 0. The van der Waals surface area contributed by atoms with Crippen molar-refractivity contribution in [1.82, 2.24) is 0 Å². The molecule has 1 amide bonds. The fourth-order valence-corrected chi connectivity index (χ4v) is 2.77. The van der Waals surface area contributed by atoms with Gasteiger partial charge in [-0.3, -0.25) is 25.0 Å². The molecule has 0 saturated carbocycles. The summed E-state index contributed by atoms with van der Waals surface area (Å²) in [4.78, 5) is 33.5. The number of carbonyl (C=O) groups excluding carboxylic acids is 1. The molecule has 9 heteroatoms. The molecule has 9 nitrogen and oxygen atoms in total. The summed E-state index contributed by atoms with van der Waals surface area (Å²) in [7, 11) is 0. The van der Waals surface area contributed by atoms with Crippen LogP contribution in [-0.2, 0) is 4.79 Å². The van der Waals surface area contributed by atoms with Crippen LogP contribution < -0.4 is 10.6 Å². The maximum absolute atomic E-state index is 11.2. The largest absolute Gasteiger partial charge is 0.370 e. The Kier molecular flexibility index (Phi) is 4.54. The number of hydrogen-bond donors (Lipinski definition) is 1. The number of carbonyl (C=O) groups is 1. The monoisotopic (exact) mass is 308 g/mol. The molecule has 0 spiro atoms. The Bertz CT molecular complexity index is 618. The van der Waals surface area contributed by atoms with E-state index >= 15 is 0 Å². The average Bonchev–Trinajstić information content (AvgIpc) is 2.46. The van der Waals surface area contributed by atoms with Crippen molar-refractivity contribution < 1.29 is 14.6 Å². The lowest BCUT2D eigenvalue weighted by atomic mass is 9.94. The molecule has 1 saturated heterocycles. The molecule has 0 aromatic heterocycles. The number of non-ortho nitro benzene ring substituents is 1. The molecule has 1 fully saturated rings. The van der Waals surface area contributed by atoms with Gasteiger partial charge in [0.05, 0.1) is 15.9 Å². The van der Waals surface area contributed by atoms with Gasteiger partial charge in [0.25, 0.3) is 11.4 Å². The third kappa shape index (κ3) is 3.48. The Morgan fingerprint density at radius 2 is 2.05 bits per heavy atom. The highest BCUT2D eigenvalue weighted by Gasteiger charge is 2.28. The minimum atomic E-state index is -0.664. The molecule has 22 heavy (non-hydrogen) atoms. The lowest BCUT2D eigenvalue weighted by molar-refractivity contribution is -0.393. The minimum absolute atomic E-state index is 0.0426. The van der Waals surface area contributed by atoms with Crippen molar-refractivity contribution in [2.75, 3.05) is 18.0 Å². The van der Waals surface area contributed by atoms with Gasteiger partial charge in [-0.25, -0.2) is 0 Å². The minimum Gasteiger partial charge on any atom is -0.370 e. The molecule has 1 atom stereocenters. The molecule has 0 radical (unpaired) electrons. The topological polar surface area (TPSA) is 133 Å². The van der Waals surface area contributed by atoms with Crippen LogP contribution in [0, 0.1) is 26.1 Å². The molecular weight excluding hydrogens is 292 g/mol. The Morgan fingerprint density at radius 3 is 2.64 bits per heavy atom. The summed E-state index contributed by atoms with van der Waals surface area (Å²) in [6.07, 6.45) is 1.85. The van der Waals surface area contributed by atoms with E-state index in [1.54, 1.807) is 4.90 Å². The number of nitro groups is 2. The van der Waals surface area contributed by atoms with Crippen LogP contribution in [-0.4, -0.2) is 28.8 Å². The third-order valence-corrected chi connectivity index (χ3v) is 3.72. The molecule has 2 N–H and O–H groups in total. The van der Waals surface area contributed by atoms with Crippen LogP contribution in [0.2, 0.25) is 0 Å². The van der Waals surface area contributed by atoms with Crippen molar-refractivity contribution in [3.8, 4) is 0 Å². The number of rotatable bonds is 5. The zero-order chi connectivity index (χ0) is 16.3. The maximum Gasteiger partial charge on any atom is 0.299 e. The summed E-state index contributed by atoms with van der Waals surface area (Å²) in [5.74, 6) is -0.355. The average molecular weight is 308 g/mol. The van der Waals surface area contributed by atoms with Gasteiger partial charge in [0.15, 0.2) is 0 Å². The molecule has 0 bridgehead atoms. The van der Waals surface area contributed by atoms with E-state index in [4.69, 9.17) is 5.73 Å². The first-order chi connectivity index (χ1) is 10.4. The number of piperidine rings is 1. The van der Waals surface area contributed by atoms with Crippen LogP contribution in [0.5, 0.6) is 0 Å². The van der Waals surface area contributed by atoms with E-state index in [9.17, 15) is 25.0 Å². The Labute approximate surface area is 126 Å². The van der Waals surface area contributed by atoms with Crippen molar-refractivity contribution in [1.29, 1.82) is 0 Å². The first-order valence-electron chi connectivity index (χ1n) is 6.84. The zero-order valence-electron chi connectivity index (χ0n) is 11.8. The van der Waals surface area contributed by atoms with E-state index in [1.165, 1.54) is 12.1 Å². The van der Waals surface area contributed by atoms with E-state index < -0.39 is 15.8 Å². The van der Waals surface area contributed by atoms with E-state index in [-0.39, 0.29) is 23.7 Å². The second-order valence-corrected chi connectivity index (χ2v) is 5.31. The predicted octanol–water partition coefficient (Wildman–Crippen LogP) is 1.59. The molecule has 118 valence electrons. The highest BCUT2D eigenvalue weighted by atomic mass is 16.6. The summed E-state index contributed by atoms with van der Waals surface area (Å²) in [6, 6.07) is 3.61. The quantitative estimate of drug-likeness (QED) is 0.648. The number of primary amides is 1. The van der Waals surface area contributed by atoms with Crippen LogP contribution >= 0.6 is 0 Å². The second-order valence-electron chi connectivity index (χ2n) is 5.31. The highest BCUT2D eigenvalue weighted by Crippen LogP contribution is 2.34. The van der Waals surface area contributed by atoms with Crippen LogP contribution in [0.15, 0.2) is 18.2 Å². The van der Waals surface area contributed by atoms with Crippen molar-refractivity contribution in [3.05, 3.63) is 38.4 Å². The van der Waals surface area contributed by atoms with E-state index in [0.717, 1.165) is 18.9 Å². The summed E-state index contributed by atoms with van der Waals surface area (Å²) < 4.78 is 0. The van der Waals surface area contributed by atoms with Crippen LogP contribution in [0.1, 0.15) is 19.3 Å². The van der Waals surface area contributed by atoms with Gasteiger partial charge in [-0.15, -0.1) is 0 Å². The van der Waals surface area contributed by atoms with E-state index in [0.29, 0.717) is 18.8 Å². The van der Waals surface area contributed by atoms with Gasteiger partial charge < -0.3 is 10.6 Å². The van der Waals surface area contributed by atoms with Gasteiger partial charge in [0.1, 0.15) is 5.69 Å². The Morgan fingerprint density at radius 1 is 1.32 bits per heavy atom. The lowest BCUT2D eigenvalue weighted by Crippen LogP contribution is -2.37. The van der Waals surface area contributed by atoms with Gasteiger partial charge in [-0.05, 0) is 24.8 Å².